The Kier molecular flexibility index (Phi) is 3.21. The summed E-state index contributed by atoms with van der Waals surface area (Å²) < 4.78 is 51.7. The highest BCUT2D eigenvalue weighted by Gasteiger charge is 2.33. The molecule has 0 saturated carbocycles. The van der Waals surface area contributed by atoms with Crippen LogP contribution in [0.2, 0.25) is 0 Å². The van der Waals surface area contributed by atoms with Crippen molar-refractivity contribution in [2.45, 2.75) is 6.18 Å². The van der Waals surface area contributed by atoms with Crippen LogP contribution in [0.15, 0.2) is 24.4 Å². The van der Waals surface area contributed by atoms with Gasteiger partial charge in [-0.15, -0.1) is 0 Å². The molecule has 0 spiro atoms. The van der Waals surface area contributed by atoms with E-state index in [1.807, 2.05) is 0 Å². The molecular formula is C10H6F4IN3. The summed E-state index contributed by atoms with van der Waals surface area (Å²) in [5.41, 5.74) is 4.80. The molecule has 2 aromatic rings. The standard InChI is InChI=1S/C10H6F4IN3/c11-5-3-8(7(16)4-6(5)15)18-2-1-9(17-18)10(12,13)14/h1-4H,16H2. The Hall–Kier alpha value is -1.32. The molecule has 0 unspecified atom stereocenters. The molecule has 3 nitrogen and oxygen atoms in total. The lowest BCUT2D eigenvalue weighted by atomic mass is 10.2. The van der Waals surface area contributed by atoms with Gasteiger partial charge >= 0.3 is 6.18 Å². The Labute approximate surface area is 113 Å². The zero-order chi connectivity index (χ0) is 13.5. The van der Waals surface area contributed by atoms with Crippen LogP contribution in [0.5, 0.6) is 0 Å². The van der Waals surface area contributed by atoms with Gasteiger partial charge in [0.1, 0.15) is 5.82 Å². The van der Waals surface area contributed by atoms with Crippen LogP contribution >= 0.6 is 22.6 Å². The average Bonchev–Trinajstić information content (AvgIpc) is 2.72. The van der Waals surface area contributed by atoms with E-state index in [0.29, 0.717) is 0 Å². The Morgan fingerprint density at radius 3 is 2.50 bits per heavy atom. The van der Waals surface area contributed by atoms with Crippen molar-refractivity contribution < 1.29 is 17.6 Å². The first-order valence-electron chi connectivity index (χ1n) is 4.67. The summed E-state index contributed by atoms with van der Waals surface area (Å²) in [4.78, 5) is 0. The number of aromatic nitrogens is 2. The van der Waals surface area contributed by atoms with Crippen molar-refractivity contribution >= 4 is 28.3 Å². The third-order valence-corrected chi connectivity index (χ3v) is 3.02. The Bertz CT molecular complexity index is 591. The largest absolute Gasteiger partial charge is 0.435 e. The van der Waals surface area contributed by atoms with E-state index in [1.165, 1.54) is 6.07 Å². The lowest BCUT2D eigenvalue weighted by molar-refractivity contribution is -0.141. The SMILES string of the molecule is Nc1cc(I)c(F)cc1-n1ccc(C(F)(F)F)n1. The summed E-state index contributed by atoms with van der Waals surface area (Å²) in [6, 6.07) is 3.18. The lowest BCUT2D eigenvalue weighted by Gasteiger charge is -2.07. The van der Waals surface area contributed by atoms with Gasteiger partial charge in [0.2, 0.25) is 0 Å². The normalized spacial score (nSPS) is 11.8. The molecular weight excluding hydrogens is 365 g/mol. The molecule has 2 rings (SSSR count). The van der Waals surface area contributed by atoms with Gasteiger partial charge in [-0.3, -0.25) is 0 Å². The third-order valence-electron chi connectivity index (χ3n) is 2.20. The molecule has 0 aliphatic carbocycles. The second kappa shape index (κ2) is 4.41. The number of halogens is 5. The van der Waals surface area contributed by atoms with Crippen LogP contribution in [0.4, 0.5) is 23.2 Å². The first-order chi connectivity index (χ1) is 8.29. The van der Waals surface area contributed by atoms with Crippen LogP contribution < -0.4 is 5.73 Å². The number of nitrogen functional groups attached to an aromatic ring is 1. The summed E-state index contributed by atoms with van der Waals surface area (Å²) >= 11 is 1.74. The smallest absolute Gasteiger partial charge is 0.397 e. The number of nitrogens with zero attached hydrogens (tertiary/aromatic N) is 2. The van der Waals surface area contributed by atoms with Gasteiger partial charge in [-0.05, 0) is 34.7 Å². The fraction of sp³-hybridized carbons (Fsp3) is 0.100. The predicted octanol–water partition coefficient (Wildman–Crippen LogP) is 3.22. The summed E-state index contributed by atoms with van der Waals surface area (Å²) in [7, 11) is 0. The number of hydrogen-bond donors (Lipinski definition) is 1. The number of nitrogens with two attached hydrogens (primary N) is 1. The second-order valence-electron chi connectivity index (χ2n) is 3.47. The van der Waals surface area contributed by atoms with Crippen LogP contribution in [0, 0.1) is 9.39 Å². The maximum absolute atomic E-state index is 13.4. The van der Waals surface area contributed by atoms with Crippen LogP contribution in [0.3, 0.4) is 0 Å². The van der Waals surface area contributed by atoms with E-state index < -0.39 is 17.7 Å². The number of anilines is 1. The summed E-state index contributed by atoms with van der Waals surface area (Å²) in [5, 5.41) is 3.33. The molecule has 18 heavy (non-hydrogen) atoms. The third kappa shape index (κ3) is 2.42. The molecule has 96 valence electrons. The molecule has 1 heterocycles. The topological polar surface area (TPSA) is 43.8 Å². The molecule has 8 heteroatoms. The van der Waals surface area contributed by atoms with Gasteiger partial charge in [0, 0.05) is 12.3 Å². The van der Waals surface area contributed by atoms with E-state index in [-0.39, 0.29) is 14.9 Å². The maximum Gasteiger partial charge on any atom is 0.435 e. The molecule has 0 bridgehead atoms. The zero-order valence-electron chi connectivity index (χ0n) is 8.67. The Balaban J connectivity index is 2.50. The van der Waals surface area contributed by atoms with Crippen LogP contribution in [-0.4, -0.2) is 9.78 Å². The summed E-state index contributed by atoms with van der Waals surface area (Å²) in [5.74, 6) is -0.566. The molecule has 0 fully saturated rings. The highest BCUT2D eigenvalue weighted by molar-refractivity contribution is 14.1. The van der Waals surface area contributed by atoms with Crippen LogP contribution in [-0.2, 0) is 6.18 Å². The van der Waals surface area contributed by atoms with Crippen molar-refractivity contribution in [3.8, 4) is 5.69 Å². The van der Waals surface area contributed by atoms with E-state index in [9.17, 15) is 17.6 Å². The van der Waals surface area contributed by atoms with Crippen molar-refractivity contribution in [1.29, 1.82) is 0 Å². The molecule has 1 aromatic heterocycles. The van der Waals surface area contributed by atoms with Gasteiger partial charge < -0.3 is 5.73 Å². The first kappa shape index (κ1) is 13.1. The number of hydrogen-bond acceptors (Lipinski definition) is 2. The molecule has 0 aliphatic rings. The molecule has 0 amide bonds. The molecule has 0 saturated heterocycles. The highest BCUT2D eigenvalue weighted by atomic mass is 127. The number of rotatable bonds is 1. The average molecular weight is 371 g/mol. The van der Waals surface area contributed by atoms with E-state index >= 15 is 0 Å². The molecule has 0 radical (unpaired) electrons. The van der Waals surface area contributed by atoms with Crippen molar-refractivity contribution in [3.05, 3.63) is 39.5 Å². The summed E-state index contributed by atoms with van der Waals surface area (Å²) in [6.07, 6.45) is -3.46. The van der Waals surface area contributed by atoms with Crippen LogP contribution in [0.1, 0.15) is 5.69 Å². The number of alkyl halides is 3. The quantitative estimate of drug-likeness (QED) is 0.475. The number of benzene rings is 1. The van der Waals surface area contributed by atoms with Gasteiger partial charge in [-0.2, -0.15) is 18.3 Å². The predicted molar refractivity (Wildman–Crippen MR) is 65.7 cm³/mol. The monoisotopic (exact) mass is 371 g/mol. The molecule has 1 aromatic carbocycles. The minimum atomic E-state index is -4.54. The van der Waals surface area contributed by atoms with E-state index in [0.717, 1.165) is 23.0 Å². The minimum absolute atomic E-state index is 0.0726. The van der Waals surface area contributed by atoms with Crippen molar-refractivity contribution in [2.24, 2.45) is 0 Å². The maximum atomic E-state index is 13.4. The second-order valence-corrected chi connectivity index (χ2v) is 4.63. The lowest BCUT2D eigenvalue weighted by Crippen LogP contribution is -2.08. The van der Waals surface area contributed by atoms with Crippen molar-refractivity contribution in [1.82, 2.24) is 9.78 Å². The van der Waals surface area contributed by atoms with Gasteiger partial charge in [0.05, 0.1) is 14.9 Å². The minimum Gasteiger partial charge on any atom is -0.397 e. The van der Waals surface area contributed by atoms with Gasteiger partial charge in [-0.25, -0.2) is 9.07 Å². The molecule has 0 aliphatic heterocycles. The van der Waals surface area contributed by atoms with E-state index in [2.05, 4.69) is 5.10 Å². The first-order valence-corrected chi connectivity index (χ1v) is 5.74. The van der Waals surface area contributed by atoms with Crippen molar-refractivity contribution in [3.63, 3.8) is 0 Å². The van der Waals surface area contributed by atoms with Crippen LogP contribution in [0.25, 0.3) is 5.69 Å². The van der Waals surface area contributed by atoms with E-state index in [4.69, 9.17) is 5.73 Å². The van der Waals surface area contributed by atoms with E-state index in [1.54, 1.807) is 22.6 Å². The molecule has 2 N–H and O–H groups in total. The van der Waals surface area contributed by atoms with Gasteiger partial charge in [0.15, 0.2) is 5.69 Å². The van der Waals surface area contributed by atoms with Crippen molar-refractivity contribution in [2.75, 3.05) is 5.73 Å². The fourth-order valence-electron chi connectivity index (χ4n) is 1.36. The zero-order valence-corrected chi connectivity index (χ0v) is 10.8. The highest BCUT2D eigenvalue weighted by Crippen LogP contribution is 2.29. The van der Waals surface area contributed by atoms with Gasteiger partial charge in [-0.1, -0.05) is 0 Å². The Morgan fingerprint density at radius 2 is 1.94 bits per heavy atom. The fourth-order valence-corrected chi connectivity index (χ4v) is 1.85. The summed E-state index contributed by atoms with van der Waals surface area (Å²) in [6.45, 7) is 0. The Morgan fingerprint density at radius 1 is 1.28 bits per heavy atom. The van der Waals surface area contributed by atoms with Gasteiger partial charge in [0.25, 0.3) is 0 Å². The molecule has 0 atom stereocenters.